The number of fused-ring (bicyclic) bond motifs is 2. The van der Waals surface area contributed by atoms with Crippen molar-refractivity contribution < 1.29 is 9.90 Å². The number of rotatable bonds is 1. The summed E-state index contributed by atoms with van der Waals surface area (Å²) in [5, 5.41) is 11.4. The molecule has 0 amide bonds. The molecular weight excluding hydrogens is 252 g/mol. The van der Waals surface area contributed by atoms with Crippen molar-refractivity contribution in [3.63, 3.8) is 0 Å². The molecule has 0 fully saturated rings. The number of hydrogen-bond acceptors (Lipinski definition) is 4. The number of aryl methyl sites for hydroxylation is 1. The molecule has 0 aliphatic carbocycles. The van der Waals surface area contributed by atoms with Gasteiger partial charge in [-0.2, -0.15) is 0 Å². The molecule has 3 rings (SSSR count). The fourth-order valence-corrected chi connectivity index (χ4v) is 2.79. The van der Waals surface area contributed by atoms with Crippen LogP contribution in [0.25, 0.3) is 15.9 Å². The first-order valence-corrected chi connectivity index (χ1v) is 6.09. The van der Waals surface area contributed by atoms with Crippen LogP contribution in [0.5, 0.6) is 0 Å². The van der Waals surface area contributed by atoms with Crippen molar-refractivity contribution in [2.24, 2.45) is 0 Å². The molecular formula is C12H8N2O3S. The fourth-order valence-electron chi connectivity index (χ4n) is 1.87. The standard InChI is InChI=1S/C12H8N2O3S/c1-6-5-18-10-9(6)11(15)14-4-7(12(16)17)2-3-8(14)13-10/h2-5H,1H3,(H,16,17). The summed E-state index contributed by atoms with van der Waals surface area (Å²) >= 11 is 1.41. The number of nitrogens with zero attached hydrogens (tertiary/aromatic N) is 2. The van der Waals surface area contributed by atoms with Gasteiger partial charge in [-0.1, -0.05) is 0 Å². The Morgan fingerprint density at radius 1 is 1.44 bits per heavy atom. The smallest absolute Gasteiger partial charge is 0.337 e. The van der Waals surface area contributed by atoms with Crippen molar-refractivity contribution >= 4 is 33.2 Å². The Labute approximate surface area is 105 Å². The summed E-state index contributed by atoms with van der Waals surface area (Å²) in [6, 6.07) is 2.98. The van der Waals surface area contributed by atoms with Gasteiger partial charge in [-0.3, -0.25) is 9.20 Å². The molecule has 0 aliphatic rings. The lowest BCUT2D eigenvalue weighted by molar-refractivity contribution is 0.0696. The van der Waals surface area contributed by atoms with E-state index in [2.05, 4.69) is 4.98 Å². The number of thiophene rings is 1. The predicted octanol–water partition coefficient (Wildman–Crippen LogP) is 1.92. The third kappa shape index (κ3) is 1.42. The molecule has 0 bridgehead atoms. The predicted molar refractivity (Wildman–Crippen MR) is 68.5 cm³/mol. The van der Waals surface area contributed by atoms with Gasteiger partial charge in [0.25, 0.3) is 5.56 Å². The van der Waals surface area contributed by atoms with Crippen LogP contribution in [0.15, 0.2) is 28.5 Å². The quantitative estimate of drug-likeness (QED) is 0.725. The summed E-state index contributed by atoms with van der Waals surface area (Å²) in [4.78, 5) is 28.2. The van der Waals surface area contributed by atoms with E-state index in [0.29, 0.717) is 15.9 Å². The van der Waals surface area contributed by atoms with Gasteiger partial charge in [0.15, 0.2) is 0 Å². The molecule has 0 saturated heterocycles. The molecule has 3 heterocycles. The first-order chi connectivity index (χ1) is 8.58. The van der Waals surface area contributed by atoms with Crippen LogP contribution in [0.4, 0.5) is 0 Å². The van der Waals surface area contributed by atoms with Crippen molar-refractivity contribution in [3.8, 4) is 0 Å². The van der Waals surface area contributed by atoms with Crippen LogP contribution in [-0.4, -0.2) is 20.5 Å². The van der Waals surface area contributed by atoms with E-state index in [9.17, 15) is 9.59 Å². The van der Waals surface area contributed by atoms with Gasteiger partial charge in [-0.25, -0.2) is 9.78 Å². The van der Waals surface area contributed by atoms with Gasteiger partial charge in [-0.05, 0) is 30.0 Å². The first-order valence-electron chi connectivity index (χ1n) is 5.21. The van der Waals surface area contributed by atoms with Gasteiger partial charge in [0.1, 0.15) is 10.5 Å². The first kappa shape index (κ1) is 10.9. The van der Waals surface area contributed by atoms with E-state index in [-0.39, 0.29) is 11.1 Å². The summed E-state index contributed by atoms with van der Waals surface area (Å²) in [7, 11) is 0. The Morgan fingerprint density at radius 3 is 2.94 bits per heavy atom. The Balaban J connectivity index is 2.51. The number of hydrogen-bond donors (Lipinski definition) is 1. The number of aromatic carboxylic acids is 1. The summed E-state index contributed by atoms with van der Waals surface area (Å²) in [6.45, 7) is 1.84. The van der Waals surface area contributed by atoms with Crippen LogP contribution in [0.2, 0.25) is 0 Å². The highest BCUT2D eigenvalue weighted by molar-refractivity contribution is 7.16. The molecule has 5 nitrogen and oxygen atoms in total. The Morgan fingerprint density at radius 2 is 2.22 bits per heavy atom. The SMILES string of the molecule is Cc1csc2nc3ccc(C(=O)O)cn3c(=O)c12. The molecule has 0 aromatic carbocycles. The van der Waals surface area contributed by atoms with Gasteiger partial charge in [0, 0.05) is 6.20 Å². The summed E-state index contributed by atoms with van der Waals surface area (Å²) in [5.74, 6) is -1.06. The van der Waals surface area contributed by atoms with E-state index in [0.717, 1.165) is 5.56 Å². The summed E-state index contributed by atoms with van der Waals surface area (Å²) in [6.07, 6.45) is 1.31. The number of carboxylic acids is 1. The normalized spacial score (nSPS) is 11.2. The lowest BCUT2D eigenvalue weighted by Gasteiger charge is -2.02. The molecule has 3 aromatic rings. The molecule has 18 heavy (non-hydrogen) atoms. The molecule has 1 N–H and O–H groups in total. The fraction of sp³-hybridized carbons (Fsp3) is 0.0833. The van der Waals surface area contributed by atoms with Crippen LogP contribution in [0, 0.1) is 6.92 Å². The highest BCUT2D eigenvalue weighted by Crippen LogP contribution is 2.20. The maximum Gasteiger partial charge on any atom is 0.337 e. The van der Waals surface area contributed by atoms with Crippen molar-refractivity contribution in [2.75, 3.05) is 0 Å². The lowest BCUT2D eigenvalue weighted by Crippen LogP contribution is -2.16. The summed E-state index contributed by atoms with van der Waals surface area (Å²) in [5.41, 5.74) is 1.16. The van der Waals surface area contributed by atoms with Crippen molar-refractivity contribution in [1.29, 1.82) is 0 Å². The second kappa shape index (κ2) is 3.64. The van der Waals surface area contributed by atoms with Gasteiger partial charge >= 0.3 is 5.97 Å². The number of aromatic nitrogens is 2. The van der Waals surface area contributed by atoms with E-state index < -0.39 is 5.97 Å². The van der Waals surface area contributed by atoms with Gasteiger partial charge < -0.3 is 5.11 Å². The molecule has 0 unspecified atom stereocenters. The minimum atomic E-state index is -1.06. The number of pyridine rings is 1. The van der Waals surface area contributed by atoms with E-state index in [1.165, 1.54) is 28.0 Å². The van der Waals surface area contributed by atoms with E-state index in [1.807, 2.05) is 12.3 Å². The molecule has 0 radical (unpaired) electrons. The molecule has 6 heteroatoms. The average Bonchev–Trinajstić information content (AvgIpc) is 2.71. The van der Waals surface area contributed by atoms with E-state index >= 15 is 0 Å². The lowest BCUT2D eigenvalue weighted by atomic mass is 10.2. The molecule has 0 saturated carbocycles. The monoisotopic (exact) mass is 260 g/mol. The Bertz CT molecular complexity index is 848. The van der Waals surface area contributed by atoms with Crippen LogP contribution in [0.1, 0.15) is 15.9 Å². The molecule has 0 aliphatic heterocycles. The molecule has 3 aromatic heterocycles. The summed E-state index contributed by atoms with van der Waals surface area (Å²) < 4.78 is 1.28. The van der Waals surface area contributed by atoms with Crippen molar-refractivity contribution in [2.45, 2.75) is 6.92 Å². The Kier molecular flexibility index (Phi) is 2.21. The zero-order valence-electron chi connectivity index (χ0n) is 9.38. The number of carboxylic acid groups (broad SMARTS) is 1. The van der Waals surface area contributed by atoms with Crippen LogP contribution in [0.3, 0.4) is 0 Å². The zero-order valence-corrected chi connectivity index (χ0v) is 10.2. The van der Waals surface area contributed by atoms with Crippen LogP contribution >= 0.6 is 11.3 Å². The zero-order chi connectivity index (χ0) is 12.9. The van der Waals surface area contributed by atoms with Crippen LogP contribution < -0.4 is 5.56 Å². The highest BCUT2D eigenvalue weighted by Gasteiger charge is 2.11. The Hall–Kier alpha value is -2.21. The van der Waals surface area contributed by atoms with Gasteiger partial charge in [0.2, 0.25) is 0 Å². The average molecular weight is 260 g/mol. The minimum Gasteiger partial charge on any atom is -0.478 e. The van der Waals surface area contributed by atoms with E-state index in [4.69, 9.17) is 5.11 Å². The third-order valence-corrected chi connectivity index (χ3v) is 3.77. The minimum absolute atomic E-state index is 0.0682. The maximum atomic E-state index is 12.3. The van der Waals surface area contributed by atoms with Crippen molar-refractivity contribution in [3.05, 3.63) is 45.2 Å². The van der Waals surface area contributed by atoms with Gasteiger partial charge in [-0.15, -0.1) is 11.3 Å². The number of carbonyl (C=O) groups is 1. The third-order valence-electron chi connectivity index (χ3n) is 2.78. The molecule has 0 atom stereocenters. The highest BCUT2D eigenvalue weighted by atomic mass is 32.1. The largest absolute Gasteiger partial charge is 0.478 e. The molecule has 90 valence electrons. The molecule has 0 spiro atoms. The van der Waals surface area contributed by atoms with Gasteiger partial charge in [0.05, 0.1) is 10.9 Å². The van der Waals surface area contributed by atoms with E-state index in [1.54, 1.807) is 6.07 Å². The second-order valence-electron chi connectivity index (χ2n) is 3.97. The van der Waals surface area contributed by atoms with Crippen LogP contribution in [-0.2, 0) is 0 Å². The topological polar surface area (TPSA) is 71.7 Å². The second-order valence-corrected chi connectivity index (χ2v) is 4.83. The van der Waals surface area contributed by atoms with Crippen molar-refractivity contribution in [1.82, 2.24) is 9.38 Å². The maximum absolute atomic E-state index is 12.3.